The maximum Gasteiger partial charge on any atom is 0.133 e. The Morgan fingerprint density at radius 1 is 1.22 bits per heavy atom. The molecular weight excluding hydrogens is 341 g/mol. The van der Waals surface area contributed by atoms with Crippen LogP contribution in [0.1, 0.15) is 31.4 Å². The van der Waals surface area contributed by atoms with Gasteiger partial charge in [0.1, 0.15) is 11.6 Å². The van der Waals surface area contributed by atoms with Crippen molar-refractivity contribution in [1.29, 1.82) is 0 Å². The van der Waals surface area contributed by atoms with Gasteiger partial charge in [0.15, 0.2) is 0 Å². The second-order valence-electron chi connectivity index (χ2n) is 7.63. The average molecular weight is 365 g/mol. The Kier molecular flexibility index (Phi) is 5.17. The molecule has 4 heteroatoms. The van der Waals surface area contributed by atoms with Crippen molar-refractivity contribution >= 4 is 11.9 Å². The van der Waals surface area contributed by atoms with Crippen LogP contribution >= 0.6 is 0 Å². The lowest BCUT2D eigenvalue weighted by Gasteiger charge is -2.27. The number of ether oxygens (including phenoxy) is 1. The summed E-state index contributed by atoms with van der Waals surface area (Å²) in [7, 11) is 1.76. The van der Waals surface area contributed by atoms with Crippen molar-refractivity contribution in [2.24, 2.45) is 17.8 Å². The molecule has 0 bridgehead atoms. The van der Waals surface area contributed by atoms with Gasteiger partial charge >= 0.3 is 0 Å². The number of hydrogen-bond donors (Lipinski definition) is 0. The maximum atomic E-state index is 13.4. The topological polar surface area (TPSA) is 39.2 Å². The number of fused-ring (bicyclic) bond motifs is 1. The van der Waals surface area contributed by atoms with E-state index >= 15 is 0 Å². The third-order valence-electron chi connectivity index (χ3n) is 6.05. The van der Waals surface area contributed by atoms with E-state index in [1.165, 1.54) is 12.1 Å². The van der Waals surface area contributed by atoms with Crippen molar-refractivity contribution in [1.82, 2.24) is 4.98 Å². The van der Waals surface area contributed by atoms with Gasteiger partial charge in [-0.1, -0.05) is 24.3 Å². The quantitative estimate of drug-likeness (QED) is 0.772. The summed E-state index contributed by atoms with van der Waals surface area (Å²) >= 11 is 0. The Morgan fingerprint density at radius 3 is 2.85 bits per heavy atom. The second kappa shape index (κ2) is 7.73. The van der Waals surface area contributed by atoms with E-state index in [0.29, 0.717) is 36.4 Å². The molecule has 3 nitrogen and oxygen atoms in total. The second-order valence-corrected chi connectivity index (χ2v) is 7.63. The molecule has 0 radical (unpaired) electrons. The minimum atomic E-state index is -0.246. The van der Waals surface area contributed by atoms with Crippen LogP contribution in [-0.2, 0) is 9.53 Å². The van der Waals surface area contributed by atoms with Gasteiger partial charge in [0.05, 0.1) is 11.8 Å². The number of pyridine rings is 1. The van der Waals surface area contributed by atoms with Crippen LogP contribution in [0.2, 0.25) is 0 Å². The van der Waals surface area contributed by atoms with Gasteiger partial charge in [-0.2, -0.15) is 0 Å². The third kappa shape index (κ3) is 3.86. The van der Waals surface area contributed by atoms with Gasteiger partial charge in [-0.3, -0.25) is 9.78 Å². The van der Waals surface area contributed by atoms with Gasteiger partial charge in [-0.25, -0.2) is 4.39 Å². The van der Waals surface area contributed by atoms with Crippen LogP contribution in [0.5, 0.6) is 0 Å². The van der Waals surface area contributed by atoms with E-state index in [1.54, 1.807) is 19.4 Å². The minimum absolute atomic E-state index is 0.175. The highest BCUT2D eigenvalue weighted by molar-refractivity contribution is 5.79. The van der Waals surface area contributed by atoms with E-state index in [4.69, 9.17) is 4.74 Å². The zero-order valence-electron chi connectivity index (χ0n) is 15.5. The van der Waals surface area contributed by atoms with Crippen LogP contribution in [0.4, 0.5) is 4.39 Å². The van der Waals surface area contributed by atoms with Crippen LogP contribution in [0.15, 0.2) is 48.7 Å². The number of rotatable bonds is 4. The fourth-order valence-corrected chi connectivity index (χ4v) is 4.68. The molecule has 0 aliphatic heterocycles. The normalized spacial score (nSPS) is 27.9. The molecule has 2 saturated carbocycles. The number of Topliss-reactive ketones (excluding diaryl/α,β-unsaturated/α-hetero) is 1. The molecule has 1 aromatic heterocycles. The van der Waals surface area contributed by atoms with E-state index in [2.05, 4.69) is 11.1 Å². The van der Waals surface area contributed by atoms with Crippen LogP contribution in [0, 0.1) is 23.6 Å². The van der Waals surface area contributed by atoms with E-state index in [1.807, 2.05) is 24.3 Å². The van der Waals surface area contributed by atoms with E-state index < -0.39 is 0 Å². The first-order valence-electron chi connectivity index (χ1n) is 9.59. The third-order valence-corrected chi connectivity index (χ3v) is 6.05. The molecule has 27 heavy (non-hydrogen) atoms. The summed E-state index contributed by atoms with van der Waals surface area (Å²) in [6.45, 7) is 0. The van der Waals surface area contributed by atoms with Crippen molar-refractivity contribution in [3.63, 3.8) is 0 Å². The Labute approximate surface area is 159 Å². The maximum absolute atomic E-state index is 13.4. The smallest absolute Gasteiger partial charge is 0.133 e. The highest BCUT2D eigenvalue weighted by Crippen LogP contribution is 2.46. The van der Waals surface area contributed by atoms with Crippen LogP contribution < -0.4 is 0 Å². The predicted molar refractivity (Wildman–Crippen MR) is 103 cm³/mol. The highest BCUT2D eigenvalue weighted by atomic mass is 19.1. The van der Waals surface area contributed by atoms with Crippen LogP contribution in [0.25, 0.3) is 17.2 Å². The summed E-state index contributed by atoms with van der Waals surface area (Å²) in [5, 5.41) is 0. The molecule has 2 aliphatic carbocycles. The number of ketones is 1. The summed E-state index contributed by atoms with van der Waals surface area (Å²) < 4.78 is 19.1. The van der Waals surface area contributed by atoms with Gasteiger partial charge in [-0.05, 0) is 54.5 Å². The zero-order valence-corrected chi connectivity index (χ0v) is 15.5. The number of nitrogens with zero attached hydrogens (tertiary/aromatic N) is 1. The molecule has 2 aliphatic rings. The molecule has 4 atom stereocenters. The summed E-state index contributed by atoms with van der Waals surface area (Å²) in [6.07, 6.45) is 9.53. The summed E-state index contributed by atoms with van der Waals surface area (Å²) in [5.74, 6) is 1.46. The molecule has 4 rings (SSSR count). The number of methoxy groups -OCH3 is 1. The first kappa shape index (κ1) is 18.1. The molecular formula is C23H24FNO2. The monoisotopic (exact) mass is 365 g/mol. The Hall–Kier alpha value is -2.33. The molecule has 2 aromatic rings. The summed E-state index contributed by atoms with van der Waals surface area (Å²) in [4.78, 5) is 16.3. The van der Waals surface area contributed by atoms with Crippen molar-refractivity contribution in [3.05, 3.63) is 60.2 Å². The highest BCUT2D eigenvalue weighted by Gasteiger charge is 2.44. The Morgan fingerprint density at radius 2 is 2.11 bits per heavy atom. The largest absolute Gasteiger partial charge is 0.381 e. The van der Waals surface area contributed by atoms with Gasteiger partial charge < -0.3 is 4.74 Å². The molecule has 2 fully saturated rings. The molecule has 0 spiro atoms. The van der Waals surface area contributed by atoms with Crippen molar-refractivity contribution in [2.45, 2.75) is 31.8 Å². The molecule has 1 heterocycles. The van der Waals surface area contributed by atoms with Crippen molar-refractivity contribution in [2.75, 3.05) is 7.11 Å². The number of hydrogen-bond acceptors (Lipinski definition) is 3. The molecule has 1 aromatic carbocycles. The van der Waals surface area contributed by atoms with Gasteiger partial charge in [0, 0.05) is 37.6 Å². The predicted octanol–water partition coefficient (Wildman–Crippen LogP) is 4.92. The number of carbonyl (C=O) groups is 1. The first-order valence-corrected chi connectivity index (χ1v) is 9.59. The number of halogens is 1. The zero-order chi connectivity index (χ0) is 18.8. The van der Waals surface area contributed by atoms with Crippen molar-refractivity contribution < 1.29 is 13.9 Å². The van der Waals surface area contributed by atoms with Gasteiger partial charge in [-0.15, -0.1) is 0 Å². The first-order chi connectivity index (χ1) is 13.1. The fraction of sp³-hybridized carbons (Fsp3) is 0.391. The van der Waals surface area contributed by atoms with Crippen LogP contribution in [-0.4, -0.2) is 24.0 Å². The molecule has 0 unspecified atom stereocenters. The van der Waals surface area contributed by atoms with E-state index in [9.17, 15) is 9.18 Å². The molecule has 0 N–H and O–H groups in total. The molecule has 140 valence electrons. The standard InChI is InChI=1S/C23H24FNO2/c1-27-23-13-17-12-20(26)8-10-21(17)22(23)9-7-19-6-5-16(14-25-19)15-3-2-4-18(24)11-15/h2-7,9,11,14,17,21-23H,8,10,12-13H2,1H3/b9-7+/t17-,21+,22-,23-/m0/s1. The number of benzene rings is 1. The average Bonchev–Trinajstić information content (AvgIpc) is 3.03. The van der Waals surface area contributed by atoms with Crippen molar-refractivity contribution in [3.8, 4) is 11.1 Å². The minimum Gasteiger partial charge on any atom is -0.381 e. The Balaban J connectivity index is 1.49. The summed E-state index contributed by atoms with van der Waals surface area (Å²) in [5.41, 5.74) is 2.59. The molecule has 0 amide bonds. The van der Waals surface area contributed by atoms with E-state index in [0.717, 1.165) is 29.7 Å². The van der Waals surface area contributed by atoms with Gasteiger partial charge in [0.25, 0.3) is 0 Å². The lowest BCUT2D eigenvalue weighted by atomic mass is 9.77. The van der Waals surface area contributed by atoms with Crippen LogP contribution in [0.3, 0.4) is 0 Å². The lowest BCUT2D eigenvalue weighted by Crippen LogP contribution is -2.25. The fourth-order valence-electron chi connectivity index (χ4n) is 4.68. The lowest BCUT2D eigenvalue weighted by molar-refractivity contribution is -0.122. The molecule has 0 saturated heterocycles. The van der Waals surface area contributed by atoms with E-state index in [-0.39, 0.29) is 11.9 Å². The SMILES string of the molecule is CO[C@H]1C[C@@H]2CC(=O)CC[C@H]2[C@@H]1/C=C/c1ccc(-c2cccc(F)c2)cn1. The number of carbonyl (C=O) groups excluding carboxylic acids is 1. The number of aromatic nitrogens is 1. The summed E-state index contributed by atoms with van der Waals surface area (Å²) in [6, 6.07) is 10.4. The Bertz CT molecular complexity index is 846. The van der Waals surface area contributed by atoms with Gasteiger partial charge in [0.2, 0.25) is 0 Å².